The largest absolute Gasteiger partial charge is 0.480 e. The van der Waals surface area contributed by atoms with Crippen LogP contribution in [0, 0.1) is 6.92 Å². The van der Waals surface area contributed by atoms with Gasteiger partial charge in [0.15, 0.2) is 5.78 Å². The number of rotatable bonds is 9. The molecule has 0 atom stereocenters. The molecule has 3 aromatic heterocycles. The van der Waals surface area contributed by atoms with Gasteiger partial charge in [-0.25, -0.2) is 14.8 Å². The van der Waals surface area contributed by atoms with Crippen molar-refractivity contribution in [2.75, 3.05) is 49.6 Å². The summed E-state index contributed by atoms with van der Waals surface area (Å²) in [6, 6.07) is 3.73. The van der Waals surface area contributed by atoms with Gasteiger partial charge in [-0.15, -0.1) is 0 Å². The zero-order valence-electron chi connectivity index (χ0n) is 23.1. The number of piperazine rings is 1. The first-order valence-electron chi connectivity index (χ1n) is 13.7. The predicted molar refractivity (Wildman–Crippen MR) is 151 cm³/mol. The zero-order valence-corrected chi connectivity index (χ0v) is 23.1. The lowest BCUT2D eigenvalue weighted by Gasteiger charge is -2.35. The number of nitrogens with one attached hydrogen (secondary N) is 1. The van der Waals surface area contributed by atoms with E-state index in [1.54, 1.807) is 28.8 Å². The lowest BCUT2D eigenvalue weighted by atomic mass is 10.0. The smallest absolute Gasteiger partial charge is 0.329 e. The van der Waals surface area contributed by atoms with Crippen molar-refractivity contribution < 1.29 is 24.2 Å². The van der Waals surface area contributed by atoms with Crippen LogP contribution >= 0.6 is 0 Å². The number of aryl methyl sites for hydroxylation is 1. The molecule has 3 aromatic rings. The molecule has 41 heavy (non-hydrogen) atoms. The summed E-state index contributed by atoms with van der Waals surface area (Å²) < 4.78 is 6.58. The Labute approximate surface area is 236 Å². The number of hydrogen-bond acceptors (Lipinski definition) is 10. The van der Waals surface area contributed by atoms with E-state index < -0.39 is 12.6 Å². The second kappa shape index (κ2) is 12.0. The van der Waals surface area contributed by atoms with Crippen LogP contribution in [0.2, 0.25) is 0 Å². The average molecular weight is 564 g/mol. The number of fused-ring (bicyclic) bond motifs is 1. The van der Waals surface area contributed by atoms with Crippen molar-refractivity contribution in [3.05, 3.63) is 46.0 Å². The number of carboxylic acid groups (broad SMARTS) is 1. The van der Waals surface area contributed by atoms with E-state index in [9.17, 15) is 19.2 Å². The highest BCUT2D eigenvalue weighted by molar-refractivity contribution is 5.99. The minimum atomic E-state index is -1.11. The molecule has 0 aromatic carbocycles. The van der Waals surface area contributed by atoms with Gasteiger partial charge in [-0.2, -0.15) is 4.98 Å². The third-order valence-corrected chi connectivity index (χ3v) is 7.69. The van der Waals surface area contributed by atoms with E-state index in [1.165, 1.54) is 6.92 Å². The number of pyridine rings is 2. The van der Waals surface area contributed by atoms with E-state index in [-0.39, 0.29) is 35.5 Å². The van der Waals surface area contributed by atoms with Crippen LogP contribution in [0.1, 0.15) is 54.6 Å². The number of carbonyl (C=O) groups is 3. The fourth-order valence-electron chi connectivity index (χ4n) is 5.60. The van der Waals surface area contributed by atoms with Gasteiger partial charge in [0.1, 0.15) is 24.7 Å². The average Bonchev–Trinajstić information content (AvgIpc) is 3.48. The number of ether oxygens (including phenoxy) is 1. The topological polar surface area (TPSA) is 160 Å². The van der Waals surface area contributed by atoms with Crippen LogP contribution in [0.25, 0.3) is 11.0 Å². The number of aliphatic carboxylic acids is 1. The molecule has 216 valence electrons. The van der Waals surface area contributed by atoms with Crippen LogP contribution in [0.3, 0.4) is 0 Å². The van der Waals surface area contributed by atoms with Crippen LogP contribution in [0.5, 0.6) is 0 Å². The summed E-state index contributed by atoms with van der Waals surface area (Å²) in [5.74, 6) is -0.765. The number of nitrogens with zero attached hydrogens (tertiary/aromatic N) is 6. The van der Waals surface area contributed by atoms with Crippen LogP contribution < -0.4 is 15.8 Å². The van der Waals surface area contributed by atoms with Crippen LogP contribution in [-0.2, 0) is 14.3 Å². The highest BCUT2D eigenvalue weighted by Crippen LogP contribution is 2.32. The van der Waals surface area contributed by atoms with Gasteiger partial charge in [-0.1, -0.05) is 12.8 Å². The van der Waals surface area contributed by atoms with E-state index in [0.717, 1.165) is 31.4 Å². The Morgan fingerprint density at radius 3 is 2.41 bits per heavy atom. The van der Waals surface area contributed by atoms with Gasteiger partial charge in [0.05, 0.1) is 17.4 Å². The molecular formula is C28H33N7O6. The monoisotopic (exact) mass is 563 g/mol. The van der Waals surface area contributed by atoms with Crippen molar-refractivity contribution in [1.82, 2.24) is 24.4 Å². The fourth-order valence-corrected chi connectivity index (χ4v) is 5.60. The summed E-state index contributed by atoms with van der Waals surface area (Å²) in [6.45, 7) is 4.63. The van der Waals surface area contributed by atoms with Crippen molar-refractivity contribution in [3.63, 3.8) is 0 Å². The molecule has 1 saturated carbocycles. The number of carbonyl (C=O) groups excluding carboxylic acids is 2. The summed E-state index contributed by atoms with van der Waals surface area (Å²) in [5, 5.41) is 12.5. The summed E-state index contributed by atoms with van der Waals surface area (Å²) in [4.78, 5) is 66.0. The lowest BCUT2D eigenvalue weighted by Crippen LogP contribution is -2.49. The summed E-state index contributed by atoms with van der Waals surface area (Å²) in [6.07, 6.45) is 7.17. The molecule has 5 rings (SSSR count). The van der Waals surface area contributed by atoms with E-state index in [1.807, 2.05) is 12.1 Å². The molecule has 2 fully saturated rings. The number of Topliss-reactive ketones (excluding diaryl/α,β-unsaturated/α-hetero) is 1. The normalized spacial score (nSPS) is 15.9. The zero-order chi connectivity index (χ0) is 29.1. The Morgan fingerprint density at radius 1 is 1.05 bits per heavy atom. The number of hydrogen-bond donors (Lipinski definition) is 2. The van der Waals surface area contributed by atoms with E-state index in [4.69, 9.17) is 14.8 Å². The fraction of sp³-hybridized carbons (Fsp3) is 0.464. The van der Waals surface area contributed by atoms with Gasteiger partial charge < -0.3 is 25.0 Å². The minimum Gasteiger partial charge on any atom is -0.480 e. The van der Waals surface area contributed by atoms with Crippen molar-refractivity contribution in [2.45, 2.75) is 45.6 Å². The molecule has 13 heteroatoms. The third-order valence-electron chi connectivity index (χ3n) is 7.69. The Kier molecular flexibility index (Phi) is 8.24. The third kappa shape index (κ3) is 6.04. The molecule has 13 nitrogen and oxygen atoms in total. The maximum Gasteiger partial charge on any atom is 0.329 e. The van der Waals surface area contributed by atoms with Crippen molar-refractivity contribution in [3.8, 4) is 0 Å². The minimum absolute atomic E-state index is 0.00288. The van der Waals surface area contributed by atoms with Gasteiger partial charge in [0.2, 0.25) is 11.9 Å². The van der Waals surface area contributed by atoms with Gasteiger partial charge in [-0.3, -0.25) is 19.0 Å². The number of amides is 1. The standard InChI is InChI=1S/C28H33N7O6/c1-17-21-14-30-28(32-26(21)35(19-5-3-4-6-19)27(40)25(17)18(2)36)31-22-8-7-20(13-29-22)33-9-11-34(12-10-33)23(37)15-41-16-24(38)39/h7-8,13-14,19H,3-6,9-12,15-16H2,1-2H3,(H,38,39)(H,29,30,31,32). The Bertz CT molecular complexity index is 1520. The lowest BCUT2D eigenvalue weighted by molar-refractivity contribution is -0.145. The molecule has 2 aliphatic rings. The first-order chi connectivity index (χ1) is 19.7. The summed E-state index contributed by atoms with van der Waals surface area (Å²) >= 11 is 0. The van der Waals surface area contributed by atoms with E-state index >= 15 is 0 Å². The number of ketones is 1. The predicted octanol–water partition coefficient (Wildman–Crippen LogP) is 2.31. The Hall–Kier alpha value is -4.39. The van der Waals surface area contributed by atoms with Gasteiger partial charge in [0.25, 0.3) is 5.56 Å². The summed E-state index contributed by atoms with van der Waals surface area (Å²) in [5.41, 5.74) is 1.90. The first-order valence-corrected chi connectivity index (χ1v) is 13.7. The van der Waals surface area contributed by atoms with E-state index in [2.05, 4.69) is 20.2 Å². The van der Waals surface area contributed by atoms with Crippen LogP contribution in [-0.4, -0.2) is 86.6 Å². The van der Waals surface area contributed by atoms with Crippen LogP contribution in [0.15, 0.2) is 29.3 Å². The highest BCUT2D eigenvalue weighted by Gasteiger charge is 2.26. The Balaban J connectivity index is 1.29. The SMILES string of the molecule is CC(=O)c1c(C)c2cnc(Nc3ccc(N4CCN(C(=O)COCC(=O)O)CC4)cn3)nc2n(C2CCCC2)c1=O. The van der Waals surface area contributed by atoms with Gasteiger partial charge >= 0.3 is 5.97 Å². The van der Waals surface area contributed by atoms with Crippen LogP contribution in [0.4, 0.5) is 17.5 Å². The maximum atomic E-state index is 13.4. The number of anilines is 3. The van der Waals surface area contributed by atoms with Crippen molar-refractivity contribution in [2.24, 2.45) is 0 Å². The second-order valence-electron chi connectivity index (χ2n) is 10.4. The molecule has 1 aliphatic heterocycles. The first kappa shape index (κ1) is 28.1. The molecule has 4 heterocycles. The maximum absolute atomic E-state index is 13.4. The molecule has 2 N–H and O–H groups in total. The molecule has 0 radical (unpaired) electrons. The number of carboxylic acids is 1. The highest BCUT2D eigenvalue weighted by atomic mass is 16.5. The molecule has 1 saturated heterocycles. The molecule has 1 aliphatic carbocycles. The summed E-state index contributed by atoms with van der Waals surface area (Å²) in [7, 11) is 0. The molecular weight excluding hydrogens is 530 g/mol. The van der Waals surface area contributed by atoms with Gasteiger partial charge in [-0.05, 0) is 44.4 Å². The van der Waals surface area contributed by atoms with Crippen molar-refractivity contribution in [1.29, 1.82) is 0 Å². The van der Waals surface area contributed by atoms with E-state index in [0.29, 0.717) is 54.5 Å². The van der Waals surface area contributed by atoms with Crippen molar-refractivity contribution >= 4 is 46.1 Å². The molecule has 0 spiro atoms. The molecule has 1 amide bonds. The Morgan fingerprint density at radius 2 is 1.78 bits per heavy atom. The second-order valence-corrected chi connectivity index (χ2v) is 10.4. The molecule has 0 unspecified atom stereocenters. The molecule has 0 bridgehead atoms. The quantitative estimate of drug-likeness (QED) is 0.368. The number of aromatic nitrogens is 4. The van der Waals surface area contributed by atoms with Gasteiger partial charge in [0, 0.05) is 43.8 Å².